The average molecular weight is 284 g/mol. The Labute approximate surface area is 119 Å². The average Bonchev–Trinajstić information content (AvgIpc) is 3.06. The zero-order valence-corrected chi connectivity index (χ0v) is 12.5. The number of likely N-dealkylation sites (tertiary alicyclic amines) is 1. The number of tetrazole rings is 1. The van der Waals surface area contributed by atoms with E-state index < -0.39 is 0 Å². The van der Waals surface area contributed by atoms with Crippen molar-refractivity contribution in [1.29, 1.82) is 0 Å². The van der Waals surface area contributed by atoms with E-state index in [-0.39, 0.29) is 0 Å². The summed E-state index contributed by atoms with van der Waals surface area (Å²) in [7, 11) is 0. The molecule has 0 aromatic carbocycles. The normalized spacial score (nSPS) is 16.3. The van der Waals surface area contributed by atoms with Gasteiger partial charge in [-0.3, -0.25) is 0 Å². The highest BCUT2D eigenvalue weighted by molar-refractivity contribution is 7.99. The first kappa shape index (κ1) is 14.7. The van der Waals surface area contributed by atoms with E-state index in [4.69, 9.17) is 0 Å². The fourth-order valence-electron chi connectivity index (χ4n) is 2.26. The van der Waals surface area contributed by atoms with E-state index in [0.29, 0.717) is 0 Å². The molecule has 0 bridgehead atoms. The van der Waals surface area contributed by atoms with Crippen molar-refractivity contribution in [3.8, 4) is 0 Å². The number of aromatic nitrogens is 4. The second kappa shape index (κ2) is 8.50. The number of hydrogen-bond donors (Lipinski definition) is 1. The zero-order valence-electron chi connectivity index (χ0n) is 11.7. The molecule has 1 aliphatic heterocycles. The van der Waals surface area contributed by atoms with Gasteiger partial charge in [0.25, 0.3) is 0 Å². The lowest BCUT2D eigenvalue weighted by Crippen LogP contribution is -2.21. The molecule has 0 unspecified atom stereocenters. The predicted molar refractivity (Wildman–Crippen MR) is 77.4 cm³/mol. The van der Waals surface area contributed by atoms with Crippen LogP contribution in [0.5, 0.6) is 0 Å². The first-order valence-corrected chi connectivity index (χ1v) is 8.20. The second-order valence-electron chi connectivity index (χ2n) is 4.79. The molecule has 0 saturated carbocycles. The summed E-state index contributed by atoms with van der Waals surface area (Å²) in [5.74, 6) is 1.10. The van der Waals surface area contributed by atoms with Gasteiger partial charge in [-0.25, -0.2) is 4.68 Å². The van der Waals surface area contributed by atoms with Crippen molar-refractivity contribution >= 4 is 11.8 Å². The van der Waals surface area contributed by atoms with Gasteiger partial charge in [0.2, 0.25) is 5.16 Å². The Morgan fingerprint density at radius 1 is 1.26 bits per heavy atom. The van der Waals surface area contributed by atoms with E-state index >= 15 is 0 Å². The fraction of sp³-hybridized carbons (Fsp3) is 0.917. The van der Waals surface area contributed by atoms with Gasteiger partial charge in [-0.2, -0.15) is 0 Å². The predicted octanol–water partition coefficient (Wildman–Crippen LogP) is 0.861. The Morgan fingerprint density at radius 3 is 2.89 bits per heavy atom. The number of rotatable bonds is 9. The minimum Gasteiger partial charge on any atom is -0.315 e. The van der Waals surface area contributed by atoms with Gasteiger partial charge in [0.1, 0.15) is 0 Å². The van der Waals surface area contributed by atoms with Crippen molar-refractivity contribution in [2.24, 2.45) is 0 Å². The largest absolute Gasteiger partial charge is 0.315 e. The molecule has 0 amide bonds. The minimum atomic E-state index is 0.843. The maximum atomic E-state index is 4.09. The van der Waals surface area contributed by atoms with Crippen LogP contribution in [0.3, 0.4) is 0 Å². The van der Waals surface area contributed by atoms with Gasteiger partial charge in [0.05, 0.1) is 6.54 Å². The van der Waals surface area contributed by atoms with Crippen LogP contribution < -0.4 is 5.32 Å². The van der Waals surface area contributed by atoms with Gasteiger partial charge < -0.3 is 10.2 Å². The quantitative estimate of drug-likeness (QED) is 0.536. The SMILES string of the molecule is CCNCCn1nnnc1SCCCN1CCCC1. The van der Waals surface area contributed by atoms with E-state index in [1.807, 2.05) is 4.68 Å². The van der Waals surface area contributed by atoms with Crippen LogP contribution in [-0.2, 0) is 6.54 Å². The maximum absolute atomic E-state index is 4.09. The third-order valence-electron chi connectivity index (χ3n) is 3.30. The first-order valence-electron chi connectivity index (χ1n) is 7.22. The standard InChI is InChI=1S/C12H24N6S/c1-2-13-6-10-18-12(14-15-16-18)19-11-5-9-17-7-3-4-8-17/h13H,2-11H2,1H3. The highest BCUT2D eigenvalue weighted by atomic mass is 32.2. The van der Waals surface area contributed by atoms with Crippen LogP contribution in [-0.4, -0.2) is 63.6 Å². The van der Waals surface area contributed by atoms with Crippen LogP contribution in [0, 0.1) is 0 Å². The van der Waals surface area contributed by atoms with Crippen molar-refractivity contribution in [1.82, 2.24) is 30.4 Å². The molecule has 0 radical (unpaired) electrons. The number of nitrogens with zero attached hydrogens (tertiary/aromatic N) is 5. The van der Waals surface area contributed by atoms with Crippen LogP contribution in [0.2, 0.25) is 0 Å². The van der Waals surface area contributed by atoms with Crippen molar-refractivity contribution in [3.05, 3.63) is 0 Å². The Bertz CT molecular complexity index is 350. The van der Waals surface area contributed by atoms with Crippen LogP contribution in [0.1, 0.15) is 26.2 Å². The third-order valence-corrected chi connectivity index (χ3v) is 4.34. The Balaban J connectivity index is 1.63. The molecule has 1 aromatic rings. The summed E-state index contributed by atoms with van der Waals surface area (Å²) in [4.78, 5) is 2.55. The van der Waals surface area contributed by atoms with E-state index in [9.17, 15) is 0 Å². The summed E-state index contributed by atoms with van der Waals surface area (Å²) < 4.78 is 1.89. The van der Waals surface area contributed by atoms with Crippen LogP contribution in [0.15, 0.2) is 5.16 Å². The van der Waals surface area contributed by atoms with Gasteiger partial charge in [-0.05, 0) is 55.9 Å². The van der Waals surface area contributed by atoms with E-state index in [1.165, 1.54) is 38.9 Å². The summed E-state index contributed by atoms with van der Waals surface area (Å²) in [5.41, 5.74) is 0. The zero-order chi connectivity index (χ0) is 13.3. The molecule has 1 aliphatic rings. The van der Waals surface area contributed by atoms with Crippen molar-refractivity contribution in [2.45, 2.75) is 37.9 Å². The fourth-order valence-corrected chi connectivity index (χ4v) is 3.09. The van der Waals surface area contributed by atoms with Gasteiger partial charge in [-0.1, -0.05) is 18.7 Å². The van der Waals surface area contributed by atoms with Crippen LogP contribution in [0.4, 0.5) is 0 Å². The summed E-state index contributed by atoms with van der Waals surface area (Å²) in [6.45, 7) is 8.63. The second-order valence-corrected chi connectivity index (χ2v) is 5.85. The molecular formula is C12H24N6S. The van der Waals surface area contributed by atoms with Crippen LogP contribution >= 0.6 is 11.8 Å². The molecule has 0 spiro atoms. The van der Waals surface area contributed by atoms with Gasteiger partial charge in [0, 0.05) is 12.3 Å². The van der Waals surface area contributed by atoms with Crippen molar-refractivity contribution < 1.29 is 0 Å². The van der Waals surface area contributed by atoms with Crippen molar-refractivity contribution in [3.63, 3.8) is 0 Å². The molecule has 0 atom stereocenters. The third kappa shape index (κ3) is 5.08. The molecular weight excluding hydrogens is 260 g/mol. The summed E-state index contributed by atoms with van der Waals surface area (Å²) >= 11 is 1.77. The number of thioether (sulfide) groups is 1. The van der Waals surface area contributed by atoms with Crippen molar-refractivity contribution in [2.75, 3.05) is 38.5 Å². The van der Waals surface area contributed by atoms with Crippen LogP contribution in [0.25, 0.3) is 0 Å². The Morgan fingerprint density at radius 2 is 2.11 bits per heavy atom. The number of likely N-dealkylation sites (N-methyl/N-ethyl adjacent to an activating group) is 1. The molecule has 1 aromatic heterocycles. The maximum Gasteiger partial charge on any atom is 0.209 e. The molecule has 1 saturated heterocycles. The smallest absolute Gasteiger partial charge is 0.209 e. The van der Waals surface area contributed by atoms with Gasteiger partial charge >= 0.3 is 0 Å². The van der Waals surface area contributed by atoms with E-state index in [0.717, 1.165) is 30.5 Å². The lowest BCUT2D eigenvalue weighted by atomic mass is 10.4. The summed E-state index contributed by atoms with van der Waals surface area (Å²) in [5, 5.41) is 16.1. The Kier molecular flexibility index (Phi) is 6.59. The summed E-state index contributed by atoms with van der Waals surface area (Å²) in [6.07, 6.45) is 3.95. The molecule has 1 fully saturated rings. The molecule has 6 nitrogen and oxygen atoms in total. The summed E-state index contributed by atoms with van der Waals surface area (Å²) in [6, 6.07) is 0. The molecule has 0 aliphatic carbocycles. The molecule has 19 heavy (non-hydrogen) atoms. The monoisotopic (exact) mass is 284 g/mol. The lowest BCUT2D eigenvalue weighted by Gasteiger charge is -2.13. The molecule has 2 rings (SSSR count). The number of nitrogens with one attached hydrogen (secondary N) is 1. The topological polar surface area (TPSA) is 58.9 Å². The van der Waals surface area contributed by atoms with Gasteiger partial charge in [-0.15, -0.1) is 5.10 Å². The first-order chi connectivity index (χ1) is 9.40. The molecule has 7 heteroatoms. The molecule has 108 valence electrons. The van der Waals surface area contributed by atoms with Gasteiger partial charge in [0.15, 0.2) is 0 Å². The number of hydrogen-bond acceptors (Lipinski definition) is 6. The van der Waals surface area contributed by atoms with E-state index in [2.05, 4.69) is 32.7 Å². The molecule has 2 heterocycles. The minimum absolute atomic E-state index is 0.843. The molecule has 1 N–H and O–H groups in total. The lowest BCUT2D eigenvalue weighted by molar-refractivity contribution is 0.341. The Hall–Kier alpha value is -0.660. The van der Waals surface area contributed by atoms with E-state index in [1.54, 1.807) is 11.8 Å². The highest BCUT2D eigenvalue weighted by Crippen LogP contribution is 2.15. The highest BCUT2D eigenvalue weighted by Gasteiger charge is 2.11.